The van der Waals surface area contributed by atoms with E-state index in [-0.39, 0.29) is 108 Å². The highest BCUT2D eigenvalue weighted by Crippen LogP contribution is 2.44. The molecule has 0 bridgehead atoms. The molecule has 0 radical (unpaired) electrons. The van der Waals surface area contributed by atoms with E-state index in [1.165, 1.54) is 11.8 Å². The summed E-state index contributed by atoms with van der Waals surface area (Å²) in [6.45, 7) is 0.796. The summed E-state index contributed by atoms with van der Waals surface area (Å²) >= 11 is 1.40. The van der Waals surface area contributed by atoms with Crippen LogP contribution in [0.2, 0.25) is 0 Å². The fourth-order valence-corrected chi connectivity index (χ4v) is 11.3. The van der Waals surface area contributed by atoms with E-state index < -0.39 is 89.8 Å². The number of ether oxygens (including phenoxy) is 1. The minimum absolute atomic E-state index is 0.0173. The number of hydrogen-bond donors (Lipinski definition) is 17. The molecule has 5 aromatic rings. The predicted octanol–water partition coefficient (Wildman–Crippen LogP) is 2.39. The highest BCUT2D eigenvalue weighted by atomic mass is 32.2. The molecule has 0 spiro atoms. The number of amides is 7. The first-order valence-corrected chi connectivity index (χ1v) is 32.1. The molecule has 0 aliphatic heterocycles. The molecule has 4 aromatic carbocycles. The van der Waals surface area contributed by atoms with Gasteiger partial charge >= 0.3 is 12.1 Å². The minimum Gasteiger partial charge on any atom is -0.480 e. The van der Waals surface area contributed by atoms with Gasteiger partial charge in [-0.25, -0.2) is 9.59 Å². The molecular weight excluding hydrogens is 1180 g/mol. The lowest BCUT2D eigenvalue weighted by Gasteiger charge is -2.28. The molecule has 27 heteroatoms. The molecule has 0 unspecified atom stereocenters. The number of carbonyl (C=O) groups excluding carboxylic acids is 7. The van der Waals surface area contributed by atoms with Crippen LogP contribution in [0.15, 0.2) is 109 Å². The number of carboxylic acids is 1. The molecular formula is C64H88N16O10S. The fraction of sp³-hybridized carbons (Fsp3) is 0.438. The van der Waals surface area contributed by atoms with Crippen molar-refractivity contribution >= 4 is 82.1 Å². The van der Waals surface area contributed by atoms with Gasteiger partial charge in [-0.3, -0.25) is 39.6 Å². The van der Waals surface area contributed by atoms with Crippen molar-refractivity contribution < 1.29 is 48.2 Å². The smallest absolute Gasteiger partial charge is 0.407 e. The number of aromatic nitrogens is 1. The average molecular weight is 1270 g/mol. The van der Waals surface area contributed by atoms with Crippen molar-refractivity contribution in [1.82, 2.24) is 52.8 Å². The second-order valence-corrected chi connectivity index (χ2v) is 23.3. The third-order valence-corrected chi connectivity index (χ3v) is 16.2. The summed E-state index contributed by atoms with van der Waals surface area (Å²) in [5.74, 6) is -6.45. The molecule has 7 atom stereocenters. The molecule has 0 saturated carbocycles. The minimum atomic E-state index is -1.36. The van der Waals surface area contributed by atoms with Crippen molar-refractivity contribution in [2.24, 2.45) is 22.9 Å². The number of carboxylic acid groups (broad SMARTS) is 1. The topological polar surface area (TPSA) is 442 Å². The van der Waals surface area contributed by atoms with E-state index in [2.05, 4.69) is 52.8 Å². The molecule has 0 saturated heterocycles. The van der Waals surface area contributed by atoms with Gasteiger partial charge in [0.2, 0.25) is 35.4 Å². The number of benzene rings is 4. The number of rotatable bonds is 39. The monoisotopic (exact) mass is 1270 g/mol. The second-order valence-electron chi connectivity index (χ2n) is 22.3. The van der Waals surface area contributed by atoms with Crippen molar-refractivity contribution in [3.63, 3.8) is 0 Å². The van der Waals surface area contributed by atoms with Gasteiger partial charge in [0, 0.05) is 48.9 Å². The Hall–Kier alpha value is -9.21. The van der Waals surface area contributed by atoms with Crippen LogP contribution in [0, 0.1) is 10.8 Å². The molecule has 1 aliphatic carbocycles. The predicted molar refractivity (Wildman–Crippen MR) is 350 cm³/mol. The van der Waals surface area contributed by atoms with Crippen LogP contribution in [-0.2, 0) is 51.1 Å². The number of carbonyl (C=O) groups is 8. The van der Waals surface area contributed by atoms with Gasteiger partial charge in [0.25, 0.3) is 0 Å². The quantitative estimate of drug-likeness (QED) is 0.0153. The zero-order valence-corrected chi connectivity index (χ0v) is 52.1. The number of H-pyrrole nitrogens is 1. The molecule has 26 nitrogen and oxygen atoms in total. The largest absolute Gasteiger partial charge is 0.480 e. The van der Waals surface area contributed by atoms with Gasteiger partial charge in [0.1, 0.15) is 48.9 Å². The Bertz CT molecular complexity index is 3220. The lowest BCUT2D eigenvalue weighted by Crippen LogP contribution is -2.60. The summed E-state index contributed by atoms with van der Waals surface area (Å²) in [4.78, 5) is 117. The second kappa shape index (κ2) is 37.1. The molecule has 7 amide bonds. The first-order valence-electron chi connectivity index (χ1n) is 30.7. The summed E-state index contributed by atoms with van der Waals surface area (Å²) in [7, 11) is 0. The van der Waals surface area contributed by atoms with Crippen molar-refractivity contribution in [2.75, 3.05) is 44.8 Å². The summed E-state index contributed by atoms with van der Waals surface area (Å²) in [6, 6.07) is 23.1. The van der Waals surface area contributed by atoms with E-state index in [0.29, 0.717) is 42.6 Å². The lowest BCUT2D eigenvalue weighted by molar-refractivity contribution is -0.142. The number of aliphatic carboxylic acids is 1. The third-order valence-electron chi connectivity index (χ3n) is 15.6. The molecule has 1 heterocycles. The number of para-hydroxylation sites is 1. The van der Waals surface area contributed by atoms with E-state index in [4.69, 9.17) is 38.5 Å². The average Bonchev–Trinajstić information content (AvgIpc) is 1.64. The maximum Gasteiger partial charge on any atom is 0.407 e. The standard InChI is InChI=1S/C64H88N16O10S/c1-91-34-29-51(58(84)75-48(25-11-13-30-65)55(81)76-50(27-15-32-71-62(67)68)56(82)74-49(26-12-14-31-66)57(83)78-52(61(87)88)28-16-33-72-63(69)70)77-60(86)54(36-40-37-73-47-24-10-9-19-41(40)47)79-59(85)53(35-39-17-3-2-4-18-39)80-64(89)90-38-46-44-22-7-5-20-42(44)43-21-6-8-23-45(43)46/h2-10,17-24,37,46,48-54,73H,11-16,25-36,38,65-66H2,1H3,(H,74,82)(H,75,84)(H,76,81)(H,77,86)(H,78,83)(H,79,85)(H,80,89)(H,87,88)(H4,67,68,71)(H4,69,70,72)/t48-,49-,50-,51-,52-,53-,54-/m0/s1. The van der Waals surface area contributed by atoms with Crippen LogP contribution >= 0.6 is 11.8 Å². The van der Waals surface area contributed by atoms with E-state index in [0.717, 1.165) is 33.2 Å². The number of guanidine groups is 2. The Morgan fingerprint density at radius 2 is 0.956 bits per heavy atom. The van der Waals surface area contributed by atoms with Crippen molar-refractivity contribution in [3.8, 4) is 11.1 Å². The van der Waals surface area contributed by atoms with Gasteiger partial charge in [-0.15, -0.1) is 0 Å². The van der Waals surface area contributed by atoms with Crippen LogP contribution in [0.4, 0.5) is 4.79 Å². The summed E-state index contributed by atoms with van der Waals surface area (Å²) in [5, 5.41) is 50.3. The van der Waals surface area contributed by atoms with Crippen LogP contribution in [0.1, 0.15) is 98.8 Å². The molecule has 6 rings (SSSR count). The number of nitrogens with one attached hydrogen (secondary N) is 12. The van der Waals surface area contributed by atoms with Crippen LogP contribution in [0.3, 0.4) is 0 Å². The maximum absolute atomic E-state index is 15.0. The third kappa shape index (κ3) is 22.4. The number of nitrogens with two attached hydrogens (primary N) is 4. The van der Waals surface area contributed by atoms with E-state index >= 15 is 4.79 Å². The Kier molecular flexibility index (Phi) is 28.9. The van der Waals surface area contributed by atoms with E-state index in [9.17, 15) is 38.7 Å². The first kappa shape index (κ1) is 70.9. The summed E-state index contributed by atoms with van der Waals surface area (Å²) in [5.41, 5.74) is 28.8. The highest BCUT2D eigenvalue weighted by molar-refractivity contribution is 7.98. The Labute approximate surface area is 533 Å². The number of unbranched alkanes of at least 4 members (excludes halogenated alkanes) is 2. The highest BCUT2D eigenvalue weighted by Gasteiger charge is 2.36. The van der Waals surface area contributed by atoms with Crippen molar-refractivity contribution in [2.45, 2.75) is 132 Å². The van der Waals surface area contributed by atoms with E-state index in [1.54, 1.807) is 18.3 Å². The van der Waals surface area contributed by atoms with Crippen molar-refractivity contribution in [3.05, 3.63) is 132 Å². The lowest BCUT2D eigenvalue weighted by atomic mass is 9.98. The van der Waals surface area contributed by atoms with Crippen LogP contribution in [-0.4, -0.2) is 157 Å². The van der Waals surface area contributed by atoms with Gasteiger partial charge in [-0.1, -0.05) is 97.1 Å². The Morgan fingerprint density at radius 1 is 0.527 bits per heavy atom. The number of fused-ring (bicyclic) bond motifs is 4. The molecule has 91 heavy (non-hydrogen) atoms. The van der Waals surface area contributed by atoms with Crippen LogP contribution in [0.25, 0.3) is 22.0 Å². The van der Waals surface area contributed by atoms with Crippen LogP contribution in [0.5, 0.6) is 0 Å². The van der Waals surface area contributed by atoms with E-state index in [1.807, 2.05) is 97.3 Å². The number of thioether (sulfide) groups is 1. The number of alkyl carbamates (subject to hydrolysis) is 1. The molecule has 0 fully saturated rings. The van der Waals surface area contributed by atoms with Gasteiger partial charge < -0.3 is 85.6 Å². The summed E-state index contributed by atoms with van der Waals surface area (Å²) < 4.78 is 5.91. The normalized spacial score (nSPS) is 13.9. The molecule has 21 N–H and O–H groups in total. The zero-order chi connectivity index (χ0) is 65.7. The van der Waals surface area contributed by atoms with Crippen LogP contribution < -0.4 is 70.8 Å². The molecule has 490 valence electrons. The van der Waals surface area contributed by atoms with Gasteiger partial charge in [0.15, 0.2) is 11.9 Å². The Morgan fingerprint density at radius 3 is 1.46 bits per heavy atom. The zero-order valence-electron chi connectivity index (χ0n) is 51.3. The molecule has 1 aromatic heterocycles. The Balaban J connectivity index is 1.23. The maximum atomic E-state index is 15.0. The first-order chi connectivity index (χ1) is 43.9. The van der Waals surface area contributed by atoms with Gasteiger partial charge in [-0.05, 0) is 135 Å². The SMILES string of the molecule is CSCC[C@H](NC(=O)[C@H](Cc1c[nH]c2ccccc12)NC(=O)[C@H](Cc1ccccc1)NC(=O)OCC1c2ccccc2-c2ccccc21)C(=O)N[C@@H](CCCCN)C(=O)N[C@@H](CCCNC(=N)N)C(=O)N[C@@H](CCCCN)C(=O)N[C@@H](CCCNC(=N)N)C(=O)O. The fourth-order valence-electron chi connectivity index (χ4n) is 10.8. The van der Waals surface area contributed by atoms with Gasteiger partial charge in [0.05, 0.1) is 0 Å². The number of aromatic amines is 1. The summed E-state index contributed by atoms with van der Waals surface area (Å²) in [6.07, 6.45) is 4.78. The molecule has 1 aliphatic rings. The van der Waals surface area contributed by atoms with Crippen molar-refractivity contribution in [1.29, 1.82) is 10.8 Å². The number of hydrogen-bond acceptors (Lipinski definition) is 14. The van der Waals surface area contributed by atoms with Gasteiger partial charge in [-0.2, -0.15) is 11.8 Å².